The van der Waals surface area contributed by atoms with Crippen molar-refractivity contribution < 1.29 is 19.1 Å². The predicted molar refractivity (Wildman–Crippen MR) is 137 cm³/mol. The smallest absolute Gasteiger partial charge is 0.407 e. The Hall–Kier alpha value is -2.32. The summed E-state index contributed by atoms with van der Waals surface area (Å²) in [5.41, 5.74) is 1.59. The van der Waals surface area contributed by atoms with E-state index in [0.29, 0.717) is 13.1 Å². The van der Waals surface area contributed by atoms with Crippen LogP contribution in [-0.4, -0.2) is 49.6 Å². The predicted octanol–water partition coefficient (Wildman–Crippen LogP) is 4.48. The second-order valence-corrected chi connectivity index (χ2v) is 10.4. The Morgan fingerprint density at radius 3 is 1.26 bits per heavy atom. The van der Waals surface area contributed by atoms with E-state index in [-0.39, 0.29) is 12.2 Å². The summed E-state index contributed by atoms with van der Waals surface area (Å²) < 4.78 is 10.4. The van der Waals surface area contributed by atoms with Crippen LogP contribution in [0.1, 0.15) is 78.4 Å². The van der Waals surface area contributed by atoms with Crippen LogP contribution in [0.2, 0.25) is 0 Å². The maximum absolute atomic E-state index is 11.6. The van der Waals surface area contributed by atoms with Gasteiger partial charge >= 0.3 is 12.2 Å². The van der Waals surface area contributed by atoms with Crippen LogP contribution in [0.15, 0.2) is 24.3 Å². The third-order valence-electron chi connectivity index (χ3n) is 4.58. The molecular formula is C26H46N4O4. The maximum atomic E-state index is 11.6. The highest BCUT2D eigenvalue weighted by molar-refractivity contribution is 5.67. The van der Waals surface area contributed by atoms with Gasteiger partial charge < -0.3 is 30.7 Å². The maximum Gasteiger partial charge on any atom is 0.407 e. The molecule has 0 aliphatic heterocycles. The second-order valence-electron chi connectivity index (χ2n) is 10.4. The Kier molecular flexibility index (Phi) is 13.6. The van der Waals surface area contributed by atoms with Crippen LogP contribution >= 0.6 is 0 Å². The van der Waals surface area contributed by atoms with Gasteiger partial charge in [-0.15, -0.1) is 0 Å². The summed E-state index contributed by atoms with van der Waals surface area (Å²) in [6, 6.07) is 8.61. The molecule has 2 amide bonds. The van der Waals surface area contributed by atoms with Gasteiger partial charge in [-0.3, -0.25) is 0 Å². The van der Waals surface area contributed by atoms with Crippen molar-refractivity contribution in [2.75, 3.05) is 26.2 Å². The number of rotatable bonds is 14. The summed E-state index contributed by atoms with van der Waals surface area (Å²) in [5.74, 6) is 0. The first-order valence-corrected chi connectivity index (χ1v) is 12.4. The van der Waals surface area contributed by atoms with E-state index < -0.39 is 11.2 Å². The number of carbonyl (C=O) groups is 2. The van der Waals surface area contributed by atoms with E-state index in [0.717, 1.165) is 51.9 Å². The number of benzene rings is 1. The lowest BCUT2D eigenvalue weighted by atomic mass is 10.1. The Morgan fingerprint density at radius 1 is 0.618 bits per heavy atom. The molecule has 34 heavy (non-hydrogen) atoms. The van der Waals surface area contributed by atoms with Crippen LogP contribution in [0, 0.1) is 0 Å². The van der Waals surface area contributed by atoms with Gasteiger partial charge in [0.05, 0.1) is 0 Å². The van der Waals surface area contributed by atoms with Crippen molar-refractivity contribution in [2.24, 2.45) is 0 Å². The lowest BCUT2D eigenvalue weighted by Crippen LogP contribution is -2.33. The quantitative estimate of drug-likeness (QED) is 0.294. The minimum atomic E-state index is -0.459. The Balaban J connectivity index is 2.02. The molecule has 0 atom stereocenters. The zero-order valence-electron chi connectivity index (χ0n) is 22.0. The van der Waals surface area contributed by atoms with Gasteiger partial charge in [0.25, 0.3) is 0 Å². The van der Waals surface area contributed by atoms with E-state index in [9.17, 15) is 9.59 Å². The number of carbonyl (C=O) groups excluding carboxylic acids is 2. The molecule has 8 heteroatoms. The van der Waals surface area contributed by atoms with Crippen molar-refractivity contribution >= 4 is 12.2 Å². The molecule has 0 spiro atoms. The summed E-state index contributed by atoms with van der Waals surface area (Å²) in [6.07, 6.45) is 3.09. The first-order chi connectivity index (χ1) is 15.9. The zero-order valence-corrected chi connectivity index (χ0v) is 22.0. The largest absolute Gasteiger partial charge is 0.444 e. The topological polar surface area (TPSA) is 101 Å². The summed E-state index contributed by atoms with van der Waals surface area (Å²) >= 11 is 0. The van der Waals surface area contributed by atoms with Crippen LogP contribution in [0.25, 0.3) is 0 Å². The number of unbranched alkanes of at least 4 members (excludes halogenated alkanes) is 2. The van der Waals surface area contributed by atoms with Crippen LogP contribution in [0.4, 0.5) is 9.59 Å². The minimum Gasteiger partial charge on any atom is -0.444 e. The molecule has 1 aromatic carbocycles. The molecule has 0 fully saturated rings. The van der Waals surface area contributed by atoms with Crippen LogP contribution in [-0.2, 0) is 22.6 Å². The first-order valence-electron chi connectivity index (χ1n) is 12.4. The van der Waals surface area contributed by atoms with Crippen molar-refractivity contribution in [1.29, 1.82) is 0 Å². The van der Waals surface area contributed by atoms with Crippen LogP contribution in [0.5, 0.6) is 0 Å². The van der Waals surface area contributed by atoms with Gasteiger partial charge in [0.1, 0.15) is 11.2 Å². The number of hydrogen-bond acceptors (Lipinski definition) is 6. The monoisotopic (exact) mass is 478 g/mol. The average Bonchev–Trinajstić information content (AvgIpc) is 2.70. The van der Waals surface area contributed by atoms with E-state index in [1.165, 1.54) is 11.1 Å². The summed E-state index contributed by atoms with van der Waals surface area (Å²) in [6.45, 7) is 15.9. The highest BCUT2D eigenvalue weighted by atomic mass is 16.6. The van der Waals surface area contributed by atoms with Gasteiger partial charge in [-0.05, 0) is 91.4 Å². The molecule has 0 aromatic heterocycles. The molecule has 0 aliphatic rings. The fourth-order valence-electron chi connectivity index (χ4n) is 3.00. The van der Waals surface area contributed by atoms with Gasteiger partial charge in [0, 0.05) is 26.2 Å². The van der Waals surface area contributed by atoms with Gasteiger partial charge in [-0.1, -0.05) is 24.3 Å². The molecule has 0 radical (unpaired) electrons. The molecule has 0 heterocycles. The van der Waals surface area contributed by atoms with Crippen molar-refractivity contribution in [1.82, 2.24) is 21.3 Å². The first kappa shape index (κ1) is 29.7. The highest BCUT2D eigenvalue weighted by Gasteiger charge is 2.16. The molecule has 4 N–H and O–H groups in total. The standard InChI is InChI=1S/C26H46N4O4/c1-25(2,3)33-23(31)29-17-9-7-15-27-19-21-11-13-22(14-12-21)20-28-16-8-10-18-30-24(32)34-26(4,5)6/h11-14,27-28H,7-10,15-20H2,1-6H3,(H,29,31)(H,30,32). The molecule has 1 aromatic rings. The summed E-state index contributed by atoms with van der Waals surface area (Å²) in [4.78, 5) is 23.1. The van der Waals surface area contributed by atoms with Gasteiger partial charge in [-0.2, -0.15) is 0 Å². The second kappa shape index (κ2) is 15.6. The van der Waals surface area contributed by atoms with Crippen LogP contribution < -0.4 is 21.3 Å². The Labute approximate surface area is 205 Å². The molecule has 0 aliphatic carbocycles. The summed E-state index contributed by atoms with van der Waals surface area (Å²) in [5, 5.41) is 12.4. The number of ether oxygens (including phenoxy) is 2. The minimum absolute atomic E-state index is 0.356. The fourth-order valence-corrected chi connectivity index (χ4v) is 3.00. The fraction of sp³-hybridized carbons (Fsp3) is 0.692. The number of alkyl carbamates (subject to hydrolysis) is 2. The lowest BCUT2D eigenvalue weighted by molar-refractivity contribution is 0.0515. The van der Waals surface area contributed by atoms with Crippen molar-refractivity contribution in [3.63, 3.8) is 0 Å². The van der Waals surface area contributed by atoms with Gasteiger partial charge in [0.15, 0.2) is 0 Å². The molecular weight excluding hydrogens is 432 g/mol. The lowest BCUT2D eigenvalue weighted by Gasteiger charge is -2.19. The number of amides is 2. The van der Waals surface area contributed by atoms with E-state index in [4.69, 9.17) is 9.47 Å². The van der Waals surface area contributed by atoms with Gasteiger partial charge in [0.2, 0.25) is 0 Å². The third kappa shape index (κ3) is 17.2. The zero-order chi connectivity index (χ0) is 25.5. The molecule has 0 unspecified atom stereocenters. The third-order valence-corrected chi connectivity index (χ3v) is 4.58. The SMILES string of the molecule is CC(C)(C)OC(=O)NCCCCNCc1ccc(CNCCCCNC(=O)OC(C)(C)C)cc1. The Morgan fingerprint density at radius 2 is 0.941 bits per heavy atom. The molecule has 0 saturated carbocycles. The normalized spacial score (nSPS) is 11.7. The van der Waals surface area contributed by atoms with Crippen molar-refractivity contribution in [2.45, 2.75) is 91.5 Å². The van der Waals surface area contributed by atoms with E-state index in [1.54, 1.807) is 0 Å². The van der Waals surface area contributed by atoms with Crippen molar-refractivity contribution in [3.8, 4) is 0 Å². The van der Waals surface area contributed by atoms with E-state index >= 15 is 0 Å². The number of nitrogens with one attached hydrogen (secondary N) is 4. The van der Waals surface area contributed by atoms with Crippen LogP contribution in [0.3, 0.4) is 0 Å². The number of hydrogen-bond donors (Lipinski definition) is 4. The van der Waals surface area contributed by atoms with Crippen molar-refractivity contribution in [3.05, 3.63) is 35.4 Å². The molecule has 1 rings (SSSR count). The van der Waals surface area contributed by atoms with E-state index in [2.05, 4.69) is 45.5 Å². The van der Waals surface area contributed by atoms with E-state index in [1.807, 2.05) is 41.5 Å². The average molecular weight is 479 g/mol. The molecule has 0 bridgehead atoms. The molecule has 0 saturated heterocycles. The highest BCUT2D eigenvalue weighted by Crippen LogP contribution is 2.07. The van der Waals surface area contributed by atoms with Gasteiger partial charge in [-0.25, -0.2) is 9.59 Å². The Bertz CT molecular complexity index is 648. The summed E-state index contributed by atoms with van der Waals surface area (Å²) in [7, 11) is 0. The molecule has 8 nitrogen and oxygen atoms in total. The molecule has 194 valence electrons.